The minimum absolute atomic E-state index is 0.0383. The Bertz CT molecular complexity index is 1170. The topological polar surface area (TPSA) is 135 Å². The minimum atomic E-state index is -0.948. The van der Waals surface area contributed by atoms with Crippen LogP contribution in [0.1, 0.15) is 68.9 Å². The molecule has 0 aliphatic carbocycles. The smallest absolute Gasteiger partial charge is 0.408 e. The highest BCUT2D eigenvalue weighted by Crippen LogP contribution is 2.38. The summed E-state index contributed by atoms with van der Waals surface area (Å²) in [6.07, 6.45) is 1.23. The van der Waals surface area contributed by atoms with Gasteiger partial charge in [-0.2, -0.15) is 5.26 Å². The zero-order valence-electron chi connectivity index (χ0n) is 23.3. The second-order valence-corrected chi connectivity index (χ2v) is 11.5. The van der Waals surface area contributed by atoms with Crippen LogP contribution in [-0.2, 0) is 14.3 Å². The van der Waals surface area contributed by atoms with E-state index in [1.54, 1.807) is 33.9 Å². The molecule has 210 valence electrons. The van der Waals surface area contributed by atoms with E-state index < -0.39 is 29.8 Å². The lowest BCUT2D eigenvalue weighted by Gasteiger charge is -2.39. The van der Waals surface area contributed by atoms with Gasteiger partial charge in [0.1, 0.15) is 17.7 Å². The minimum Gasteiger partial charge on any atom is -0.444 e. The van der Waals surface area contributed by atoms with Crippen LogP contribution in [0.3, 0.4) is 0 Å². The fraction of sp³-hybridized carbons (Fsp3) is 0.607. The molecule has 4 rings (SSSR count). The number of hydrogen-bond donors (Lipinski definition) is 2. The van der Waals surface area contributed by atoms with Gasteiger partial charge >= 0.3 is 6.09 Å². The number of piperazine rings is 1. The number of benzene rings is 1. The number of likely N-dealkylation sites (tertiary alicyclic amines) is 3. The van der Waals surface area contributed by atoms with Gasteiger partial charge in [0.15, 0.2) is 0 Å². The molecule has 3 aliphatic rings. The fourth-order valence-electron chi connectivity index (χ4n) is 5.88. The van der Waals surface area contributed by atoms with Crippen molar-refractivity contribution in [1.29, 1.82) is 5.26 Å². The van der Waals surface area contributed by atoms with Crippen LogP contribution in [0.2, 0.25) is 0 Å². The first-order valence-electron chi connectivity index (χ1n) is 13.5. The van der Waals surface area contributed by atoms with Gasteiger partial charge in [0.2, 0.25) is 11.8 Å². The summed E-state index contributed by atoms with van der Waals surface area (Å²) in [4.78, 5) is 57.1. The lowest BCUT2D eigenvalue weighted by Crippen LogP contribution is -2.59. The van der Waals surface area contributed by atoms with Crippen molar-refractivity contribution in [3.8, 4) is 6.07 Å². The summed E-state index contributed by atoms with van der Waals surface area (Å²) in [5.74, 6) is -0.561. The Morgan fingerprint density at radius 2 is 2.00 bits per heavy atom. The quantitative estimate of drug-likeness (QED) is 0.540. The number of ether oxygens (including phenoxy) is 1. The molecule has 39 heavy (non-hydrogen) atoms. The van der Waals surface area contributed by atoms with Crippen molar-refractivity contribution in [2.45, 2.75) is 82.8 Å². The van der Waals surface area contributed by atoms with Crippen molar-refractivity contribution in [2.24, 2.45) is 0 Å². The Kier molecular flexibility index (Phi) is 8.16. The van der Waals surface area contributed by atoms with Gasteiger partial charge in [-0.15, -0.1) is 0 Å². The molecule has 11 nitrogen and oxygen atoms in total. The lowest BCUT2D eigenvalue weighted by molar-refractivity contribution is -0.141. The van der Waals surface area contributed by atoms with Crippen molar-refractivity contribution in [3.63, 3.8) is 0 Å². The maximum Gasteiger partial charge on any atom is 0.408 e. The Labute approximate surface area is 229 Å². The number of fused-ring (bicyclic) bond motifs is 2. The van der Waals surface area contributed by atoms with Gasteiger partial charge in [0.05, 0.1) is 18.2 Å². The van der Waals surface area contributed by atoms with Crippen molar-refractivity contribution in [2.75, 3.05) is 26.7 Å². The van der Waals surface area contributed by atoms with Gasteiger partial charge in [-0.05, 0) is 64.7 Å². The number of carbonyl (C=O) groups excluding carboxylic acids is 4. The number of carbonyl (C=O) groups is 4. The second kappa shape index (κ2) is 11.2. The fourth-order valence-corrected chi connectivity index (χ4v) is 5.88. The standard InChI is InChI=1S/C28H38N6O5/c1-17(18-8-6-9-19(12-18)24(35)30-5)34-21-13-23(26(34)37)32(15-21)16-22(31-27(38)39-28(2,3)4)25(36)33-11-7-10-20(33)14-29/h6,8-9,12,17,20-23H,7,10-11,13,15-16H2,1-5H3,(H,30,35)(H,31,38)/t17-,20+,21+,22+,23+/m1/s1. The van der Waals surface area contributed by atoms with Crippen molar-refractivity contribution >= 4 is 23.8 Å². The number of amides is 4. The highest BCUT2D eigenvalue weighted by molar-refractivity contribution is 5.94. The van der Waals surface area contributed by atoms with Gasteiger partial charge in [-0.1, -0.05) is 12.1 Å². The molecular formula is C28H38N6O5. The van der Waals surface area contributed by atoms with Gasteiger partial charge in [-0.25, -0.2) is 4.79 Å². The molecule has 1 aromatic carbocycles. The molecule has 0 spiro atoms. The van der Waals surface area contributed by atoms with Crippen LogP contribution in [0.25, 0.3) is 0 Å². The Hall–Kier alpha value is -3.65. The highest BCUT2D eigenvalue weighted by atomic mass is 16.6. The van der Waals surface area contributed by atoms with Crippen LogP contribution in [-0.4, -0.2) is 95.0 Å². The van der Waals surface area contributed by atoms with Gasteiger partial charge < -0.3 is 25.2 Å². The van der Waals surface area contributed by atoms with E-state index >= 15 is 0 Å². The molecule has 3 saturated heterocycles. The van der Waals surface area contributed by atoms with Crippen LogP contribution in [0, 0.1) is 11.3 Å². The monoisotopic (exact) mass is 538 g/mol. The molecule has 0 saturated carbocycles. The van der Waals surface area contributed by atoms with E-state index in [9.17, 15) is 24.4 Å². The molecule has 0 radical (unpaired) electrons. The third kappa shape index (κ3) is 6.01. The molecule has 1 aromatic rings. The normalized spacial score (nSPS) is 24.3. The van der Waals surface area contributed by atoms with Crippen LogP contribution in [0.5, 0.6) is 0 Å². The number of rotatable bonds is 7. The molecule has 0 aromatic heterocycles. The second-order valence-electron chi connectivity index (χ2n) is 11.5. The van der Waals surface area contributed by atoms with Crippen molar-refractivity contribution in [1.82, 2.24) is 25.3 Å². The summed E-state index contributed by atoms with van der Waals surface area (Å²) in [5, 5.41) is 14.8. The molecule has 3 aliphatic heterocycles. The molecule has 2 bridgehead atoms. The zero-order chi connectivity index (χ0) is 28.5. The average molecular weight is 539 g/mol. The zero-order valence-corrected chi connectivity index (χ0v) is 23.3. The van der Waals surface area contributed by atoms with E-state index in [1.807, 2.05) is 34.9 Å². The maximum absolute atomic E-state index is 13.5. The van der Waals surface area contributed by atoms with Gasteiger partial charge in [0, 0.05) is 38.3 Å². The summed E-state index contributed by atoms with van der Waals surface area (Å²) in [5.41, 5.74) is 0.668. The van der Waals surface area contributed by atoms with Gasteiger partial charge in [-0.3, -0.25) is 19.3 Å². The van der Waals surface area contributed by atoms with E-state index in [1.165, 1.54) is 4.90 Å². The Morgan fingerprint density at radius 1 is 1.26 bits per heavy atom. The van der Waals surface area contributed by atoms with E-state index in [4.69, 9.17) is 4.74 Å². The van der Waals surface area contributed by atoms with E-state index in [-0.39, 0.29) is 36.3 Å². The van der Waals surface area contributed by atoms with E-state index in [2.05, 4.69) is 16.7 Å². The molecule has 2 N–H and O–H groups in total. The lowest BCUT2D eigenvalue weighted by atomic mass is 10.0. The third-order valence-electron chi connectivity index (χ3n) is 7.68. The molecule has 5 atom stereocenters. The first-order valence-corrected chi connectivity index (χ1v) is 13.5. The first-order chi connectivity index (χ1) is 18.4. The molecular weight excluding hydrogens is 500 g/mol. The average Bonchev–Trinajstić information content (AvgIpc) is 3.60. The molecule has 3 heterocycles. The Balaban J connectivity index is 1.48. The predicted molar refractivity (Wildman–Crippen MR) is 142 cm³/mol. The first kappa shape index (κ1) is 28.4. The number of nitriles is 1. The third-order valence-corrected chi connectivity index (χ3v) is 7.68. The van der Waals surface area contributed by atoms with Crippen LogP contribution >= 0.6 is 0 Å². The predicted octanol–water partition coefficient (Wildman–Crippen LogP) is 1.80. The molecule has 0 unspecified atom stereocenters. The van der Waals surface area contributed by atoms with Gasteiger partial charge in [0.25, 0.3) is 5.91 Å². The largest absolute Gasteiger partial charge is 0.444 e. The van der Waals surface area contributed by atoms with Crippen LogP contribution in [0.15, 0.2) is 24.3 Å². The molecule has 4 amide bonds. The van der Waals surface area contributed by atoms with E-state index in [0.717, 1.165) is 12.0 Å². The highest BCUT2D eigenvalue weighted by Gasteiger charge is 2.52. The number of nitrogens with one attached hydrogen (secondary N) is 2. The van der Waals surface area contributed by atoms with Crippen molar-refractivity contribution < 1.29 is 23.9 Å². The molecule has 11 heteroatoms. The summed E-state index contributed by atoms with van der Waals surface area (Å²) < 4.78 is 5.41. The molecule has 3 fully saturated rings. The summed E-state index contributed by atoms with van der Waals surface area (Å²) >= 11 is 0. The Morgan fingerprint density at radius 3 is 2.64 bits per heavy atom. The summed E-state index contributed by atoms with van der Waals surface area (Å²) in [7, 11) is 1.58. The van der Waals surface area contributed by atoms with Crippen LogP contribution in [0.4, 0.5) is 4.79 Å². The van der Waals surface area contributed by atoms with Crippen molar-refractivity contribution in [3.05, 3.63) is 35.4 Å². The number of alkyl carbamates (subject to hydrolysis) is 1. The SMILES string of the molecule is CNC(=O)c1cccc([C@@H](C)N2C(=O)[C@@H]3C[C@H]2CN3C[C@H](NC(=O)OC(C)(C)C)C(=O)N2CCC[C@H]2C#N)c1. The number of nitrogens with zero attached hydrogens (tertiary/aromatic N) is 4. The number of hydrogen-bond acceptors (Lipinski definition) is 7. The van der Waals surface area contributed by atoms with E-state index in [0.29, 0.717) is 31.5 Å². The summed E-state index contributed by atoms with van der Waals surface area (Å²) in [6.45, 7) is 8.34. The van der Waals surface area contributed by atoms with Crippen LogP contribution < -0.4 is 10.6 Å². The maximum atomic E-state index is 13.5. The summed E-state index contributed by atoms with van der Waals surface area (Å²) in [6, 6.07) is 7.27.